The minimum Gasteiger partial charge on any atom is -0.349 e. The van der Waals surface area contributed by atoms with Gasteiger partial charge in [-0.25, -0.2) is 4.98 Å². The molecule has 144 valence electrons. The van der Waals surface area contributed by atoms with Crippen molar-refractivity contribution in [2.45, 2.75) is 38.3 Å². The first-order valence-corrected chi connectivity index (χ1v) is 10.4. The van der Waals surface area contributed by atoms with Gasteiger partial charge in [0.05, 0.1) is 6.04 Å². The lowest BCUT2D eigenvalue weighted by Gasteiger charge is -2.21. The normalized spacial score (nSPS) is 26.8. The number of benzene rings is 1. The summed E-state index contributed by atoms with van der Waals surface area (Å²) >= 11 is 5.92. The van der Waals surface area contributed by atoms with Gasteiger partial charge in [-0.2, -0.15) is 5.10 Å². The molecule has 5 rings (SSSR count). The van der Waals surface area contributed by atoms with Crippen molar-refractivity contribution >= 4 is 28.5 Å². The highest BCUT2D eigenvalue weighted by molar-refractivity contribution is 6.30. The fraction of sp³-hybridized carbons (Fsp3) is 0.409. The Morgan fingerprint density at radius 1 is 1.25 bits per heavy atom. The van der Waals surface area contributed by atoms with Crippen LogP contribution in [0, 0.1) is 17.8 Å². The number of rotatable bonds is 5. The summed E-state index contributed by atoms with van der Waals surface area (Å²) in [6.07, 6.45) is 7.13. The van der Waals surface area contributed by atoms with Crippen molar-refractivity contribution in [2.75, 3.05) is 0 Å². The van der Waals surface area contributed by atoms with Gasteiger partial charge < -0.3 is 5.32 Å². The van der Waals surface area contributed by atoms with Crippen molar-refractivity contribution in [1.82, 2.24) is 20.1 Å². The first-order chi connectivity index (χ1) is 13.6. The molecule has 2 fully saturated rings. The summed E-state index contributed by atoms with van der Waals surface area (Å²) < 4.78 is 2.11. The molecule has 3 aromatic rings. The number of pyridine rings is 1. The number of halogens is 1. The monoisotopic (exact) mass is 394 g/mol. The van der Waals surface area contributed by atoms with Gasteiger partial charge in [-0.15, -0.1) is 0 Å². The first kappa shape index (κ1) is 17.7. The van der Waals surface area contributed by atoms with Crippen LogP contribution >= 0.6 is 11.6 Å². The maximum absolute atomic E-state index is 12.6. The van der Waals surface area contributed by atoms with Gasteiger partial charge >= 0.3 is 0 Å². The number of hydrogen-bond donors (Lipinski definition) is 1. The van der Waals surface area contributed by atoms with Crippen LogP contribution in [0.15, 0.2) is 48.8 Å². The van der Waals surface area contributed by atoms with E-state index in [4.69, 9.17) is 11.6 Å². The number of fused-ring (bicyclic) bond motifs is 2. The largest absolute Gasteiger partial charge is 0.349 e. The van der Waals surface area contributed by atoms with Gasteiger partial charge in [-0.05, 0) is 73.4 Å². The van der Waals surface area contributed by atoms with Crippen molar-refractivity contribution in [2.24, 2.45) is 17.8 Å². The van der Waals surface area contributed by atoms with E-state index in [1.165, 1.54) is 0 Å². The van der Waals surface area contributed by atoms with E-state index in [0.29, 0.717) is 34.4 Å². The predicted molar refractivity (Wildman–Crippen MR) is 109 cm³/mol. The lowest BCUT2D eigenvalue weighted by atomic mass is 9.99. The van der Waals surface area contributed by atoms with Crippen LogP contribution in [-0.4, -0.2) is 26.7 Å². The molecule has 1 unspecified atom stereocenters. The summed E-state index contributed by atoms with van der Waals surface area (Å²) in [6, 6.07) is 11.8. The van der Waals surface area contributed by atoms with Crippen LogP contribution in [0.2, 0.25) is 5.02 Å². The Balaban J connectivity index is 1.23. The molecule has 1 amide bonds. The highest BCUT2D eigenvalue weighted by Crippen LogP contribution is 2.62. The molecule has 2 saturated carbocycles. The smallest absolute Gasteiger partial charge is 0.251 e. The molecule has 2 aromatic heterocycles. The molecule has 0 spiro atoms. The number of aromatic nitrogens is 3. The molecule has 0 radical (unpaired) electrons. The average Bonchev–Trinajstić information content (AvgIpc) is 3.07. The number of nitrogens with one attached hydrogen (secondary N) is 1. The third-order valence-electron chi connectivity index (χ3n) is 6.49. The van der Waals surface area contributed by atoms with E-state index in [2.05, 4.69) is 39.3 Å². The number of nitrogens with zero attached hydrogens (tertiary/aromatic N) is 3. The van der Waals surface area contributed by atoms with Crippen LogP contribution in [0.25, 0.3) is 11.0 Å². The van der Waals surface area contributed by atoms with Gasteiger partial charge in [-0.3, -0.25) is 9.48 Å². The standard InChI is InChI=1S/C22H23ClN4O/c1-2-19(25-22(28)13-5-7-15(23)8-6-13)20-17-10-16(11-18(17)20)27-12-14-4-3-9-24-21(14)26-27/h3-9,12,16-20H,2,10-11H2,1H3,(H,25,28)/t16-,17-,18+,19?,20+. The van der Waals surface area contributed by atoms with E-state index >= 15 is 0 Å². The molecule has 6 heteroatoms. The van der Waals surface area contributed by atoms with Crippen LogP contribution in [-0.2, 0) is 0 Å². The van der Waals surface area contributed by atoms with Crippen molar-refractivity contribution < 1.29 is 4.79 Å². The van der Waals surface area contributed by atoms with Gasteiger partial charge in [0, 0.05) is 34.4 Å². The number of amides is 1. The zero-order valence-electron chi connectivity index (χ0n) is 15.8. The Labute approximate surface area is 169 Å². The molecule has 28 heavy (non-hydrogen) atoms. The summed E-state index contributed by atoms with van der Waals surface area (Å²) in [5, 5.41) is 9.66. The molecule has 5 nitrogen and oxygen atoms in total. The molecule has 5 atom stereocenters. The van der Waals surface area contributed by atoms with E-state index in [1.54, 1.807) is 30.5 Å². The quantitative estimate of drug-likeness (QED) is 0.693. The third-order valence-corrected chi connectivity index (χ3v) is 6.74. The maximum atomic E-state index is 12.6. The van der Waals surface area contributed by atoms with Crippen LogP contribution < -0.4 is 5.32 Å². The van der Waals surface area contributed by atoms with Gasteiger partial charge in [0.25, 0.3) is 5.91 Å². The van der Waals surface area contributed by atoms with Gasteiger partial charge in [0.15, 0.2) is 5.65 Å². The maximum Gasteiger partial charge on any atom is 0.251 e. The molecular formula is C22H23ClN4O. The Morgan fingerprint density at radius 2 is 2.00 bits per heavy atom. The van der Waals surface area contributed by atoms with Crippen LogP contribution in [0.5, 0.6) is 0 Å². The van der Waals surface area contributed by atoms with Crippen LogP contribution in [0.3, 0.4) is 0 Å². The first-order valence-electron chi connectivity index (χ1n) is 10.0. The molecule has 1 N–H and O–H groups in total. The molecular weight excluding hydrogens is 372 g/mol. The molecule has 2 heterocycles. The number of carbonyl (C=O) groups excluding carboxylic acids is 1. The van der Waals surface area contributed by atoms with E-state index in [-0.39, 0.29) is 11.9 Å². The van der Waals surface area contributed by atoms with Gasteiger partial charge in [-0.1, -0.05) is 18.5 Å². The minimum atomic E-state index is -0.00515. The van der Waals surface area contributed by atoms with Gasteiger partial charge in [0.2, 0.25) is 0 Å². The molecule has 0 aliphatic heterocycles. The summed E-state index contributed by atoms with van der Waals surface area (Å²) in [6.45, 7) is 2.16. The van der Waals surface area contributed by atoms with Crippen molar-refractivity contribution in [3.63, 3.8) is 0 Å². The summed E-state index contributed by atoms with van der Waals surface area (Å²) in [7, 11) is 0. The van der Waals surface area contributed by atoms with Crippen molar-refractivity contribution in [1.29, 1.82) is 0 Å². The number of carbonyl (C=O) groups is 1. The second kappa shape index (κ2) is 6.89. The second-order valence-corrected chi connectivity index (χ2v) is 8.49. The molecule has 0 saturated heterocycles. The lowest BCUT2D eigenvalue weighted by molar-refractivity contribution is 0.0926. The van der Waals surface area contributed by atoms with E-state index in [1.807, 2.05) is 6.07 Å². The zero-order valence-corrected chi connectivity index (χ0v) is 16.5. The second-order valence-electron chi connectivity index (χ2n) is 8.05. The Kier molecular flexibility index (Phi) is 4.35. The summed E-state index contributed by atoms with van der Waals surface area (Å²) in [4.78, 5) is 16.9. The van der Waals surface area contributed by atoms with Crippen molar-refractivity contribution in [3.05, 3.63) is 59.4 Å². The predicted octanol–water partition coefficient (Wildman–Crippen LogP) is 4.49. The zero-order chi connectivity index (χ0) is 19.3. The third kappa shape index (κ3) is 3.08. The van der Waals surface area contributed by atoms with E-state index < -0.39 is 0 Å². The molecule has 2 aliphatic rings. The molecule has 1 aromatic carbocycles. The Morgan fingerprint density at radius 3 is 2.68 bits per heavy atom. The van der Waals surface area contributed by atoms with Gasteiger partial charge in [0.1, 0.15) is 0 Å². The van der Waals surface area contributed by atoms with Crippen LogP contribution in [0.1, 0.15) is 42.6 Å². The van der Waals surface area contributed by atoms with Crippen LogP contribution in [0.4, 0.5) is 0 Å². The molecule has 0 bridgehead atoms. The topological polar surface area (TPSA) is 59.8 Å². The highest BCUT2D eigenvalue weighted by Gasteiger charge is 2.59. The minimum absolute atomic E-state index is 0.00515. The number of hydrogen-bond acceptors (Lipinski definition) is 3. The summed E-state index contributed by atoms with van der Waals surface area (Å²) in [5.41, 5.74) is 1.49. The molecule has 2 aliphatic carbocycles. The van der Waals surface area contributed by atoms with E-state index in [9.17, 15) is 4.79 Å². The average molecular weight is 395 g/mol. The SMILES string of the molecule is CCC(NC(=O)c1ccc(Cl)cc1)[C@H]1[C@@H]2C[C@@H](n3cc4cccnc4n3)C[C@@H]21. The van der Waals surface area contributed by atoms with Crippen molar-refractivity contribution in [3.8, 4) is 0 Å². The fourth-order valence-electron chi connectivity index (χ4n) is 5.06. The Hall–Kier alpha value is -2.40. The van der Waals surface area contributed by atoms with E-state index in [0.717, 1.165) is 30.3 Å². The highest BCUT2D eigenvalue weighted by atomic mass is 35.5. The lowest BCUT2D eigenvalue weighted by Crippen LogP contribution is -2.37. The summed E-state index contributed by atoms with van der Waals surface area (Å²) in [5.74, 6) is 1.94. The Bertz CT molecular complexity index is 970. The fourth-order valence-corrected chi connectivity index (χ4v) is 5.19.